The number of rotatable bonds is 9. The maximum Gasteiger partial charge on any atom is 1.00 e. The van der Waals surface area contributed by atoms with Crippen LogP contribution in [0, 0.1) is 11.8 Å². The van der Waals surface area contributed by atoms with Crippen molar-refractivity contribution in [3.05, 3.63) is 34.9 Å². The number of amides is 1. The molecule has 0 aromatic heterocycles. The van der Waals surface area contributed by atoms with E-state index in [0.29, 0.717) is 10.6 Å². The molecule has 7 nitrogen and oxygen atoms in total. The first-order valence-electron chi connectivity index (χ1n) is 8.73. The van der Waals surface area contributed by atoms with Gasteiger partial charge in [-0.1, -0.05) is 51.4 Å². The fraction of sp³-hybridized carbons (Fsp3) is 0.526. The van der Waals surface area contributed by atoms with E-state index in [0.717, 1.165) is 0 Å². The van der Waals surface area contributed by atoms with Crippen LogP contribution in [-0.4, -0.2) is 30.9 Å². The van der Waals surface area contributed by atoms with Gasteiger partial charge in [-0.05, 0) is 24.1 Å². The molecule has 0 aliphatic rings. The van der Waals surface area contributed by atoms with Crippen molar-refractivity contribution in [2.75, 3.05) is 6.54 Å². The van der Waals surface area contributed by atoms with Crippen LogP contribution in [0.5, 0.6) is 0 Å². The molecule has 0 bridgehead atoms. The molecule has 1 unspecified atom stereocenters. The number of carbonyl (C=O) groups is 3. The SMILES string of the molecule is CC(C)C(=O)O[C@H](OC(=O)NCCC(C(=O)[O-])c1ccc(Cl)cc1)C(C)C.[Na+]. The normalized spacial score (nSPS) is 12.7. The summed E-state index contributed by atoms with van der Waals surface area (Å²) in [5.74, 6) is -3.20. The first-order chi connectivity index (χ1) is 12.6. The van der Waals surface area contributed by atoms with Gasteiger partial charge in [0.2, 0.25) is 0 Å². The minimum Gasteiger partial charge on any atom is -0.549 e. The van der Waals surface area contributed by atoms with Gasteiger partial charge in [0.25, 0.3) is 6.29 Å². The Morgan fingerprint density at radius 3 is 2.11 bits per heavy atom. The third kappa shape index (κ3) is 9.28. The van der Waals surface area contributed by atoms with Crippen LogP contribution in [0.25, 0.3) is 0 Å². The summed E-state index contributed by atoms with van der Waals surface area (Å²) in [4.78, 5) is 35.0. The van der Waals surface area contributed by atoms with Crippen molar-refractivity contribution in [2.45, 2.75) is 46.3 Å². The Balaban J connectivity index is 0.00000729. The molecule has 0 aliphatic heterocycles. The van der Waals surface area contributed by atoms with Gasteiger partial charge < -0.3 is 24.7 Å². The van der Waals surface area contributed by atoms with Crippen molar-refractivity contribution in [3.63, 3.8) is 0 Å². The van der Waals surface area contributed by atoms with Gasteiger partial charge in [0.15, 0.2) is 0 Å². The summed E-state index contributed by atoms with van der Waals surface area (Å²) in [6.07, 6.45) is -1.71. The Kier molecular flexibility index (Phi) is 12.4. The molecule has 9 heteroatoms. The number of aliphatic carboxylic acids is 1. The van der Waals surface area contributed by atoms with E-state index in [1.165, 1.54) is 0 Å². The molecule has 0 saturated heterocycles. The molecule has 1 N–H and O–H groups in total. The molecule has 0 fully saturated rings. The molecule has 0 radical (unpaired) electrons. The molecular weight excluding hydrogens is 397 g/mol. The number of ether oxygens (including phenoxy) is 2. The summed E-state index contributed by atoms with van der Waals surface area (Å²) in [5.41, 5.74) is 0.528. The molecule has 150 valence electrons. The predicted octanol–water partition coefficient (Wildman–Crippen LogP) is -0.525. The minimum atomic E-state index is -1.25. The smallest absolute Gasteiger partial charge is 0.549 e. The van der Waals surface area contributed by atoms with E-state index in [-0.39, 0.29) is 54.4 Å². The van der Waals surface area contributed by atoms with Crippen LogP contribution in [0.3, 0.4) is 0 Å². The molecule has 1 rings (SSSR count). The fourth-order valence-electron chi connectivity index (χ4n) is 2.13. The van der Waals surface area contributed by atoms with Crippen molar-refractivity contribution in [1.29, 1.82) is 0 Å². The zero-order valence-electron chi connectivity index (χ0n) is 16.9. The molecule has 1 amide bonds. The number of hydrogen-bond acceptors (Lipinski definition) is 6. The Bertz CT molecular complexity index is 650. The summed E-state index contributed by atoms with van der Waals surface area (Å²) in [6.45, 7) is 6.90. The van der Waals surface area contributed by atoms with Gasteiger partial charge in [0, 0.05) is 29.4 Å². The number of esters is 1. The van der Waals surface area contributed by atoms with Crippen molar-refractivity contribution in [3.8, 4) is 0 Å². The van der Waals surface area contributed by atoms with Crippen LogP contribution in [-0.2, 0) is 19.1 Å². The number of carboxylic acids is 1. The quantitative estimate of drug-likeness (QED) is 0.327. The minimum absolute atomic E-state index is 0. The van der Waals surface area contributed by atoms with E-state index in [1.807, 2.05) is 0 Å². The van der Waals surface area contributed by atoms with Crippen molar-refractivity contribution >= 4 is 29.6 Å². The van der Waals surface area contributed by atoms with Crippen LogP contribution in [0.1, 0.15) is 45.6 Å². The van der Waals surface area contributed by atoms with Gasteiger partial charge in [-0.15, -0.1) is 0 Å². The maximum atomic E-state index is 11.9. The molecule has 0 spiro atoms. The average molecular weight is 422 g/mol. The molecule has 1 aromatic rings. The van der Waals surface area contributed by atoms with E-state index in [1.54, 1.807) is 52.0 Å². The number of nitrogens with one attached hydrogen (secondary N) is 1. The molecule has 0 aliphatic carbocycles. The average Bonchev–Trinajstić information content (AvgIpc) is 2.58. The second-order valence-electron chi connectivity index (χ2n) is 6.75. The van der Waals surface area contributed by atoms with E-state index in [2.05, 4.69) is 5.32 Å². The number of carboxylic acid groups (broad SMARTS) is 1. The van der Waals surface area contributed by atoms with Gasteiger partial charge >= 0.3 is 41.6 Å². The van der Waals surface area contributed by atoms with Gasteiger partial charge in [-0.2, -0.15) is 0 Å². The number of halogens is 1. The second kappa shape index (κ2) is 13.0. The number of hydrogen-bond donors (Lipinski definition) is 1. The summed E-state index contributed by atoms with van der Waals surface area (Å²) in [5, 5.41) is 14.3. The van der Waals surface area contributed by atoms with Gasteiger partial charge in [-0.3, -0.25) is 4.79 Å². The summed E-state index contributed by atoms with van der Waals surface area (Å²) < 4.78 is 10.3. The predicted molar refractivity (Wildman–Crippen MR) is 97.9 cm³/mol. The van der Waals surface area contributed by atoms with E-state index >= 15 is 0 Å². The Morgan fingerprint density at radius 2 is 1.64 bits per heavy atom. The van der Waals surface area contributed by atoms with E-state index < -0.39 is 30.2 Å². The van der Waals surface area contributed by atoms with Gasteiger partial charge in [0.05, 0.1) is 5.92 Å². The van der Waals surface area contributed by atoms with E-state index in [9.17, 15) is 19.5 Å². The maximum absolute atomic E-state index is 11.9. The Labute approximate surface area is 192 Å². The van der Waals surface area contributed by atoms with Gasteiger partial charge in [0.1, 0.15) is 0 Å². The van der Waals surface area contributed by atoms with Crippen molar-refractivity contribution < 1.29 is 58.5 Å². The number of carbonyl (C=O) groups excluding carboxylic acids is 3. The van der Waals surface area contributed by atoms with Gasteiger partial charge in [-0.25, -0.2) is 4.79 Å². The fourth-order valence-corrected chi connectivity index (χ4v) is 2.25. The van der Waals surface area contributed by atoms with Crippen LogP contribution >= 0.6 is 11.6 Å². The zero-order valence-corrected chi connectivity index (χ0v) is 19.6. The largest absolute Gasteiger partial charge is 1.00 e. The van der Waals surface area contributed by atoms with Crippen molar-refractivity contribution in [1.82, 2.24) is 5.32 Å². The summed E-state index contributed by atoms with van der Waals surface area (Å²) in [7, 11) is 0. The monoisotopic (exact) mass is 421 g/mol. The Morgan fingerprint density at radius 1 is 1.07 bits per heavy atom. The first kappa shape index (κ1) is 26.7. The zero-order chi connectivity index (χ0) is 20.6. The third-order valence-corrected chi connectivity index (χ3v) is 3.98. The molecule has 0 heterocycles. The number of alkyl carbamates (subject to hydrolysis) is 1. The first-order valence-corrected chi connectivity index (χ1v) is 9.11. The number of benzene rings is 1. The standard InChI is InChI=1S/C19H26ClNO6.Na/c1-11(2)17(24)26-18(12(3)4)27-19(25)21-10-9-15(16(22)23)13-5-7-14(20)8-6-13;/h5-8,11-12,15,18H,9-10H2,1-4H3,(H,21,25)(H,22,23);/q;+1/p-1/t15?,18-;/m1./s1. The van der Waals surface area contributed by atoms with Crippen LogP contribution < -0.4 is 40.0 Å². The van der Waals surface area contributed by atoms with Crippen molar-refractivity contribution in [2.24, 2.45) is 11.8 Å². The summed E-state index contributed by atoms with van der Waals surface area (Å²) >= 11 is 5.80. The third-order valence-electron chi connectivity index (χ3n) is 3.73. The Hall–Kier alpha value is -1.28. The molecule has 1 aromatic carbocycles. The molecular formula is C19H25ClNNaO6. The molecule has 0 saturated carbocycles. The second-order valence-corrected chi connectivity index (χ2v) is 7.18. The molecule has 2 atom stereocenters. The van der Waals surface area contributed by atoms with E-state index in [4.69, 9.17) is 21.1 Å². The van der Waals surface area contributed by atoms with Crippen LogP contribution in [0.15, 0.2) is 24.3 Å². The van der Waals surface area contributed by atoms with Crippen LogP contribution in [0.4, 0.5) is 4.79 Å². The topological polar surface area (TPSA) is 105 Å². The molecule has 28 heavy (non-hydrogen) atoms. The van der Waals surface area contributed by atoms with Crippen LogP contribution in [0.2, 0.25) is 5.02 Å². The summed E-state index contributed by atoms with van der Waals surface area (Å²) in [6, 6.07) is 6.37.